The van der Waals surface area contributed by atoms with E-state index in [-0.39, 0.29) is 18.7 Å². The number of hydrogen-bond acceptors (Lipinski definition) is 4. The lowest BCUT2D eigenvalue weighted by atomic mass is 10.0. The Bertz CT molecular complexity index is 711. The summed E-state index contributed by atoms with van der Waals surface area (Å²) in [5.74, 6) is -1.20. The van der Waals surface area contributed by atoms with Gasteiger partial charge in [0.05, 0.1) is 5.02 Å². The van der Waals surface area contributed by atoms with Crippen molar-refractivity contribution < 1.29 is 19.2 Å². The summed E-state index contributed by atoms with van der Waals surface area (Å²) in [6, 6.07) is 6.95. The number of carboxylic acids is 1. The lowest BCUT2D eigenvalue weighted by molar-refractivity contribution is -0.137. The van der Waals surface area contributed by atoms with Crippen LogP contribution < -0.4 is 0 Å². The second kappa shape index (κ2) is 6.62. The number of aromatic nitrogens is 1. The fourth-order valence-corrected chi connectivity index (χ4v) is 2.33. The second-order valence-electron chi connectivity index (χ2n) is 4.66. The summed E-state index contributed by atoms with van der Waals surface area (Å²) in [6.45, 7) is 3.19. The van der Waals surface area contributed by atoms with Crippen molar-refractivity contribution in [1.82, 2.24) is 10.1 Å². The largest absolute Gasteiger partial charge is 0.480 e. The Hall–Kier alpha value is -2.34. The van der Waals surface area contributed by atoms with Crippen LogP contribution in [0.2, 0.25) is 5.02 Å². The average Bonchev–Trinajstić information content (AvgIpc) is 2.86. The Morgan fingerprint density at radius 2 is 2.05 bits per heavy atom. The maximum atomic E-state index is 12.6. The molecule has 0 aliphatic carbocycles. The van der Waals surface area contributed by atoms with E-state index in [9.17, 15) is 9.59 Å². The Balaban J connectivity index is 2.48. The topological polar surface area (TPSA) is 83.6 Å². The zero-order valence-corrected chi connectivity index (χ0v) is 12.9. The fourth-order valence-electron chi connectivity index (χ4n) is 2.11. The van der Waals surface area contributed by atoms with Crippen molar-refractivity contribution in [2.75, 3.05) is 13.1 Å². The fraction of sp³-hybridized carbons (Fsp3) is 0.267. The predicted molar refractivity (Wildman–Crippen MR) is 80.9 cm³/mol. The molecule has 1 N–H and O–H groups in total. The van der Waals surface area contributed by atoms with E-state index in [1.165, 1.54) is 4.90 Å². The highest BCUT2D eigenvalue weighted by Gasteiger charge is 2.27. The Kier molecular flexibility index (Phi) is 4.82. The van der Waals surface area contributed by atoms with Gasteiger partial charge in [-0.1, -0.05) is 35.0 Å². The van der Waals surface area contributed by atoms with Gasteiger partial charge in [-0.3, -0.25) is 9.59 Å². The molecule has 1 amide bonds. The standard InChI is InChI=1S/C15H15ClN2O4/c1-3-18(8-12(19)20)15(21)13-9(2)22-17-14(13)10-6-4-5-7-11(10)16/h4-7H,3,8H2,1-2H3,(H,19,20). The number of hydrogen-bond donors (Lipinski definition) is 1. The van der Waals surface area contributed by atoms with Gasteiger partial charge in [0.2, 0.25) is 0 Å². The molecule has 1 aromatic heterocycles. The van der Waals surface area contributed by atoms with Crippen LogP contribution in [0.3, 0.4) is 0 Å². The first kappa shape index (κ1) is 16.0. The van der Waals surface area contributed by atoms with Crippen molar-refractivity contribution >= 4 is 23.5 Å². The molecule has 116 valence electrons. The SMILES string of the molecule is CCN(CC(=O)O)C(=O)c1c(-c2ccccc2Cl)noc1C. The zero-order chi connectivity index (χ0) is 16.3. The number of benzene rings is 1. The van der Waals surface area contributed by atoms with E-state index in [2.05, 4.69) is 5.16 Å². The second-order valence-corrected chi connectivity index (χ2v) is 5.06. The molecule has 1 heterocycles. The van der Waals surface area contributed by atoms with Crippen molar-refractivity contribution in [3.63, 3.8) is 0 Å². The molecule has 6 nitrogen and oxygen atoms in total. The molecule has 7 heteroatoms. The molecular weight excluding hydrogens is 308 g/mol. The van der Waals surface area contributed by atoms with E-state index in [1.807, 2.05) is 0 Å². The van der Waals surface area contributed by atoms with Gasteiger partial charge in [-0.2, -0.15) is 0 Å². The Labute approximate surface area is 132 Å². The average molecular weight is 323 g/mol. The maximum absolute atomic E-state index is 12.6. The zero-order valence-electron chi connectivity index (χ0n) is 12.2. The number of amides is 1. The molecule has 0 atom stereocenters. The van der Waals surface area contributed by atoms with Crippen molar-refractivity contribution in [3.8, 4) is 11.3 Å². The van der Waals surface area contributed by atoms with Crippen LogP contribution in [0.15, 0.2) is 28.8 Å². The first-order chi connectivity index (χ1) is 10.5. The molecule has 2 rings (SSSR count). The van der Waals surface area contributed by atoms with Crippen molar-refractivity contribution in [1.29, 1.82) is 0 Å². The van der Waals surface area contributed by atoms with Crippen LogP contribution in [-0.2, 0) is 4.79 Å². The summed E-state index contributed by atoms with van der Waals surface area (Å²) < 4.78 is 5.12. The number of likely N-dealkylation sites (N-methyl/N-ethyl adjacent to an activating group) is 1. The summed E-state index contributed by atoms with van der Waals surface area (Å²) in [5.41, 5.74) is 1.11. The lowest BCUT2D eigenvalue weighted by Crippen LogP contribution is -2.35. The van der Waals surface area contributed by atoms with E-state index in [0.717, 1.165) is 0 Å². The first-order valence-corrected chi connectivity index (χ1v) is 7.05. The van der Waals surface area contributed by atoms with Gasteiger partial charge in [0.25, 0.3) is 5.91 Å². The van der Waals surface area contributed by atoms with Crippen LogP contribution in [-0.4, -0.2) is 40.1 Å². The molecule has 0 saturated carbocycles. The van der Waals surface area contributed by atoms with Gasteiger partial charge in [-0.05, 0) is 19.9 Å². The van der Waals surface area contributed by atoms with Crippen molar-refractivity contribution in [3.05, 3.63) is 40.6 Å². The molecule has 0 radical (unpaired) electrons. The summed E-state index contributed by atoms with van der Waals surface area (Å²) in [7, 11) is 0. The van der Waals surface area contributed by atoms with Crippen LogP contribution in [0.4, 0.5) is 0 Å². The minimum atomic E-state index is -1.08. The van der Waals surface area contributed by atoms with Crippen LogP contribution in [0, 0.1) is 6.92 Å². The van der Waals surface area contributed by atoms with Crippen LogP contribution in [0.25, 0.3) is 11.3 Å². The lowest BCUT2D eigenvalue weighted by Gasteiger charge is -2.18. The quantitative estimate of drug-likeness (QED) is 0.915. The van der Waals surface area contributed by atoms with Crippen LogP contribution >= 0.6 is 11.6 Å². The smallest absolute Gasteiger partial charge is 0.323 e. The van der Waals surface area contributed by atoms with Crippen LogP contribution in [0.5, 0.6) is 0 Å². The summed E-state index contributed by atoms with van der Waals surface area (Å²) in [4.78, 5) is 24.7. The number of carbonyl (C=O) groups excluding carboxylic acids is 1. The van der Waals surface area contributed by atoms with Gasteiger partial charge < -0.3 is 14.5 Å². The number of aryl methyl sites for hydroxylation is 1. The van der Waals surface area contributed by atoms with Gasteiger partial charge in [0.1, 0.15) is 23.6 Å². The third kappa shape index (κ3) is 3.12. The number of carbonyl (C=O) groups is 2. The number of rotatable bonds is 5. The van der Waals surface area contributed by atoms with Gasteiger partial charge >= 0.3 is 5.97 Å². The minimum absolute atomic E-state index is 0.233. The maximum Gasteiger partial charge on any atom is 0.323 e. The van der Waals surface area contributed by atoms with Gasteiger partial charge in [-0.15, -0.1) is 0 Å². The third-order valence-corrected chi connectivity index (χ3v) is 3.53. The number of aliphatic carboxylic acids is 1. The highest BCUT2D eigenvalue weighted by atomic mass is 35.5. The number of carboxylic acid groups (broad SMARTS) is 1. The Morgan fingerprint density at radius 1 is 1.36 bits per heavy atom. The highest BCUT2D eigenvalue weighted by Crippen LogP contribution is 2.31. The molecule has 0 aliphatic rings. The number of halogens is 1. The molecule has 0 unspecified atom stereocenters. The molecule has 22 heavy (non-hydrogen) atoms. The highest BCUT2D eigenvalue weighted by molar-refractivity contribution is 6.33. The summed E-state index contributed by atoms with van der Waals surface area (Å²) in [5, 5.41) is 13.3. The molecule has 0 saturated heterocycles. The van der Waals surface area contributed by atoms with E-state index in [4.69, 9.17) is 21.2 Å². The normalized spacial score (nSPS) is 10.5. The first-order valence-electron chi connectivity index (χ1n) is 6.68. The monoisotopic (exact) mass is 322 g/mol. The van der Waals surface area contributed by atoms with E-state index >= 15 is 0 Å². The molecule has 0 fully saturated rings. The summed E-state index contributed by atoms with van der Waals surface area (Å²) in [6.07, 6.45) is 0. The van der Waals surface area contributed by atoms with Gasteiger partial charge in [0.15, 0.2) is 0 Å². The third-order valence-electron chi connectivity index (χ3n) is 3.20. The van der Waals surface area contributed by atoms with Crippen LogP contribution in [0.1, 0.15) is 23.0 Å². The number of nitrogens with zero attached hydrogens (tertiary/aromatic N) is 2. The predicted octanol–water partition coefficient (Wildman–Crippen LogP) is 2.85. The molecule has 0 spiro atoms. The van der Waals surface area contributed by atoms with Crippen molar-refractivity contribution in [2.24, 2.45) is 0 Å². The molecule has 1 aromatic carbocycles. The van der Waals surface area contributed by atoms with E-state index < -0.39 is 11.9 Å². The van der Waals surface area contributed by atoms with E-state index in [1.54, 1.807) is 38.1 Å². The minimum Gasteiger partial charge on any atom is -0.480 e. The molecular formula is C15H15ClN2O4. The van der Waals surface area contributed by atoms with E-state index in [0.29, 0.717) is 22.0 Å². The molecule has 2 aromatic rings. The Morgan fingerprint density at radius 3 is 2.64 bits per heavy atom. The van der Waals surface area contributed by atoms with Gasteiger partial charge in [0, 0.05) is 12.1 Å². The molecule has 0 aliphatic heterocycles. The molecule has 0 bridgehead atoms. The van der Waals surface area contributed by atoms with Gasteiger partial charge in [-0.25, -0.2) is 0 Å². The van der Waals surface area contributed by atoms with Crippen molar-refractivity contribution in [2.45, 2.75) is 13.8 Å². The summed E-state index contributed by atoms with van der Waals surface area (Å²) >= 11 is 6.14.